The van der Waals surface area contributed by atoms with Crippen LogP contribution in [0.2, 0.25) is 18.1 Å². The van der Waals surface area contributed by atoms with Gasteiger partial charge in [-0.1, -0.05) is 32.9 Å². The predicted molar refractivity (Wildman–Crippen MR) is 80.1 cm³/mol. The van der Waals surface area contributed by atoms with Crippen molar-refractivity contribution < 1.29 is 14.0 Å². The van der Waals surface area contributed by atoms with Gasteiger partial charge in [0.15, 0.2) is 8.32 Å². The predicted octanol–water partition coefficient (Wildman–Crippen LogP) is 3.52. The molecule has 20 heavy (non-hydrogen) atoms. The number of ether oxygens (including phenoxy) is 1. The molecule has 1 aliphatic rings. The SMILES string of the molecule is CC(C)(C)[Si](C)(C)OCCc1c#cc2c(c1)C(=O)OC2. The Kier molecular flexibility index (Phi) is 3.94. The first-order valence-electron chi connectivity index (χ1n) is 6.97. The number of rotatable bonds is 4. The van der Waals surface area contributed by atoms with Crippen molar-refractivity contribution in [1.82, 2.24) is 0 Å². The number of fused-ring (bicyclic) bond motifs is 1. The first-order valence-corrected chi connectivity index (χ1v) is 9.88. The summed E-state index contributed by atoms with van der Waals surface area (Å²) >= 11 is 0. The average molecular weight is 290 g/mol. The Labute approximate surface area is 122 Å². The summed E-state index contributed by atoms with van der Waals surface area (Å²) < 4.78 is 11.1. The number of cyclic esters (lactones) is 1. The van der Waals surface area contributed by atoms with Gasteiger partial charge in [-0.05, 0) is 24.2 Å². The molecule has 0 N–H and O–H groups in total. The zero-order chi connectivity index (χ0) is 15.0. The first-order chi connectivity index (χ1) is 9.21. The number of hydrogen-bond acceptors (Lipinski definition) is 3. The lowest BCUT2D eigenvalue weighted by molar-refractivity contribution is 0.0535. The van der Waals surface area contributed by atoms with Crippen molar-refractivity contribution in [3.63, 3.8) is 0 Å². The molecule has 0 unspecified atom stereocenters. The Balaban J connectivity index is 1.96. The van der Waals surface area contributed by atoms with Crippen LogP contribution in [-0.2, 0) is 22.2 Å². The molecule has 1 aliphatic heterocycles. The van der Waals surface area contributed by atoms with Crippen molar-refractivity contribution in [2.45, 2.75) is 51.9 Å². The topological polar surface area (TPSA) is 35.5 Å². The van der Waals surface area contributed by atoms with Crippen molar-refractivity contribution >= 4 is 14.3 Å². The van der Waals surface area contributed by atoms with E-state index in [1.807, 2.05) is 6.07 Å². The number of hydrogen-bond donors (Lipinski definition) is 0. The summed E-state index contributed by atoms with van der Waals surface area (Å²) in [6.45, 7) is 12.1. The zero-order valence-corrected chi connectivity index (χ0v) is 13.9. The Morgan fingerprint density at radius 2 is 2.05 bits per heavy atom. The monoisotopic (exact) mass is 290 g/mol. The highest BCUT2D eigenvalue weighted by Gasteiger charge is 2.36. The summed E-state index contributed by atoms with van der Waals surface area (Å²) in [5, 5.41) is 0.213. The first kappa shape index (κ1) is 15.1. The molecule has 0 fully saturated rings. The second-order valence-corrected chi connectivity index (χ2v) is 11.6. The summed E-state index contributed by atoms with van der Waals surface area (Å²) in [6, 6.07) is 7.96. The third-order valence-electron chi connectivity index (χ3n) is 4.23. The van der Waals surface area contributed by atoms with Crippen LogP contribution in [0.4, 0.5) is 0 Å². The van der Waals surface area contributed by atoms with Gasteiger partial charge in [-0.2, -0.15) is 0 Å². The Morgan fingerprint density at radius 3 is 2.70 bits per heavy atom. The van der Waals surface area contributed by atoms with Crippen LogP contribution >= 0.6 is 0 Å². The lowest BCUT2D eigenvalue weighted by Crippen LogP contribution is -2.41. The fourth-order valence-electron chi connectivity index (χ4n) is 1.80. The van der Waals surface area contributed by atoms with Crippen molar-refractivity contribution in [3.05, 3.63) is 34.9 Å². The number of carbonyl (C=O) groups excluding carboxylic acids is 1. The minimum absolute atomic E-state index is 0.213. The summed E-state index contributed by atoms with van der Waals surface area (Å²) in [6.07, 6.45) is 0.754. The molecule has 3 nitrogen and oxygen atoms in total. The Morgan fingerprint density at radius 1 is 1.35 bits per heavy atom. The van der Waals surface area contributed by atoms with Gasteiger partial charge in [0.2, 0.25) is 0 Å². The molecule has 0 amide bonds. The minimum Gasteiger partial charge on any atom is -0.456 e. The van der Waals surface area contributed by atoms with Gasteiger partial charge < -0.3 is 9.16 Å². The van der Waals surface area contributed by atoms with E-state index >= 15 is 0 Å². The van der Waals surface area contributed by atoms with Gasteiger partial charge in [0.1, 0.15) is 6.61 Å². The molecule has 1 aromatic carbocycles. The molecule has 0 bridgehead atoms. The van der Waals surface area contributed by atoms with Crippen molar-refractivity contribution in [2.75, 3.05) is 6.61 Å². The van der Waals surface area contributed by atoms with E-state index in [2.05, 4.69) is 46.0 Å². The maximum atomic E-state index is 11.5. The van der Waals surface area contributed by atoms with Gasteiger partial charge >= 0.3 is 5.97 Å². The molecular weight excluding hydrogens is 268 g/mol. The van der Waals surface area contributed by atoms with Gasteiger partial charge in [-0.25, -0.2) is 4.79 Å². The Hall–Kier alpha value is -1.31. The van der Waals surface area contributed by atoms with E-state index in [4.69, 9.17) is 9.16 Å². The quantitative estimate of drug-likeness (QED) is 0.628. The second kappa shape index (κ2) is 5.23. The molecule has 0 aliphatic carbocycles. The average Bonchev–Trinajstić information content (AvgIpc) is 2.69. The van der Waals surface area contributed by atoms with E-state index in [0.29, 0.717) is 18.8 Å². The fraction of sp³-hybridized carbons (Fsp3) is 0.562. The van der Waals surface area contributed by atoms with Gasteiger partial charge in [-0.3, -0.25) is 0 Å². The minimum atomic E-state index is -1.71. The van der Waals surface area contributed by atoms with Crippen LogP contribution in [0, 0.1) is 12.1 Å². The zero-order valence-electron chi connectivity index (χ0n) is 12.9. The number of carbonyl (C=O) groups is 1. The van der Waals surface area contributed by atoms with Crippen LogP contribution in [0.1, 0.15) is 42.3 Å². The van der Waals surface area contributed by atoms with Crippen LogP contribution < -0.4 is 0 Å². The molecule has 0 aromatic heterocycles. The maximum Gasteiger partial charge on any atom is 0.339 e. The van der Waals surface area contributed by atoms with Gasteiger partial charge in [-0.15, -0.1) is 0 Å². The summed E-state index contributed by atoms with van der Waals surface area (Å²) in [4.78, 5) is 11.5. The lowest BCUT2D eigenvalue weighted by Gasteiger charge is -2.36. The van der Waals surface area contributed by atoms with Crippen molar-refractivity contribution in [3.8, 4) is 0 Å². The largest absolute Gasteiger partial charge is 0.456 e. The van der Waals surface area contributed by atoms with Crippen molar-refractivity contribution in [2.24, 2.45) is 0 Å². The molecular formula is C16H22O3Si. The van der Waals surface area contributed by atoms with E-state index in [1.54, 1.807) is 0 Å². The van der Waals surface area contributed by atoms with Gasteiger partial charge in [0, 0.05) is 18.6 Å². The van der Waals surface area contributed by atoms with Gasteiger partial charge in [0.05, 0.1) is 11.1 Å². The van der Waals surface area contributed by atoms with E-state index in [-0.39, 0.29) is 11.0 Å². The van der Waals surface area contributed by atoms with Crippen molar-refractivity contribution in [1.29, 1.82) is 0 Å². The molecule has 0 saturated heterocycles. The van der Waals surface area contributed by atoms with Crippen LogP contribution in [0.3, 0.4) is 0 Å². The highest BCUT2D eigenvalue weighted by atomic mass is 28.4. The van der Waals surface area contributed by atoms with Crippen LogP contribution in [0.25, 0.3) is 0 Å². The van der Waals surface area contributed by atoms with E-state index in [9.17, 15) is 4.79 Å². The van der Waals surface area contributed by atoms with Crippen LogP contribution in [-0.4, -0.2) is 20.9 Å². The lowest BCUT2D eigenvalue weighted by atomic mass is 10.1. The molecule has 1 heterocycles. The molecule has 0 spiro atoms. The molecule has 0 saturated carbocycles. The van der Waals surface area contributed by atoms with E-state index < -0.39 is 8.32 Å². The third kappa shape index (κ3) is 3.05. The molecule has 1 aromatic rings. The standard InChI is InChI=1S/C16H22O3Si/c1-16(2,3)20(4,5)19-9-8-12-6-7-13-11-18-15(17)14(13)10-12/h10H,8-9,11H2,1-5H3. The smallest absolute Gasteiger partial charge is 0.339 e. The third-order valence-corrected chi connectivity index (χ3v) is 8.76. The van der Waals surface area contributed by atoms with E-state index in [1.165, 1.54) is 0 Å². The summed E-state index contributed by atoms with van der Waals surface area (Å²) in [5.41, 5.74) is 2.40. The highest BCUT2D eigenvalue weighted by Crippen LogP contribution is 2.36. The Bertz CT molecular complexity index is 515. The number of esters is 1. The highest BCUT2D eigenvalue weighted by molar-refractivity contribution is 6.74. The summed E-state index contributed by atoms with van der Waals surface area (Å²) in [7, 11) is -1.71. The summed E-state index contributed by atoms with van der Waals surface area (Å²) in [5.74, 6) is -0.253. The van der Waals surface area contributed by atoms with Crippen LogP contribution in [0.15, 0.2) is 6.07 Å². The molecule has 0 atom stereocenters. The normalized spacial score (nSPS) is 14.8. The molecule has 2 rings (SSSR count). The molecule has 108 valence electrons. The molecule has 0 radical (unpaired) electrons. The second-order valence-electron chi connectivity index (χ2n) is 6.75. The maximum absolute atomic E-state index is 11.5. The fourth-order valence-corrected chi connectivity index (χ4v) is 2.84. The van der Waals surface area contributed by atoms with E-state index in [0.717, 1.165) is 17.5 Å². The van der Waals surface area contributed by atoms with Crippen LogP contribution in [0.5, 0.6) is 0 Å². The molecule has 4 heteroatoms. The van der Waals surface area contributed by atoms with Gasteiger partial charge in [0.25, 0.3) is 0 Å².